The van der Waals surface area contributed by atoms with Crippen molar-refractivity contribution in [3.05, 3.63) is 58.6 Å². The van der Waals surface area contributed by atoms with E-state index in [1.807, 2.05) is 50.2 Å². The molecule has 0 aliphatic carbocycles. The van der Waals surface area contributed by atoms with Crippen molar-refractivity contribution in [2.75, 3.05) is 7.11 Å². The zero-order valence-electron chi connectivity index (χ0n) is 12.5. The molecule has 0 amide bonds. The molecule has 2 N–H and O–H groups in total. The molecule has 2 aromatic rings. The number of rotatable bonds is 5. The first-order valence-electron chi connectivity index (χ1n) is 6.87. The summed E-state index contributed by atoms with van der Waals surface area (Å²) in [5.74, 6) is 1.46. The van der Waals surface area contributed by atoms with E-state index in [4.69, 9.17) is 26.8 Å². The van der Waals surface area contributed by atoms with E-state index in [1.165, 1.54) is 0 Å². The van der Waals surface area contributed by atoms with Crippen molar-refractivity contribution in [1.29, 1.82) is 0 Å². The van der Waals surface area contributed by atoms with Gasteiger partial charge in [0.1, 0.15) is 11.5 Å². The minimum absolute atomic E-state index is 0.0884. The summed E-state index contributed by atoms with van der Waals surface area (Å²) in [7, 11) is 1.61. The Labute approximate surface area is 130 Å². The molecule has 21 heavy (non-hydrogen) atoms. The fourth-order valence-corrected chi connectivity index (χ4v) is 2.37. The average molecular weight is 306 g/mol. The van der Waals surface area contributed by atoms with Crippen molar-refractivity contribution < 1.29 is 9.47 Å². The number of para-hydroxylation sites is 1. The van der Waals surface area contributed by atoms with E-state index in [1.54, 1.807) is 13.2 Å². The normalized spacial score (nSPS) is 12.3. The van der Waals surface area contributed by atoms with Crippen LogP contribution in [-0.2, 0) is 0 Å². The van der Waals surface area contributed by atoms with Gasteiger partial charge < -0.3 is 15.2 Å². The van der Waals surface area contributed by atoms with E-state index < -0.39 is 0 Å². The van der Waals surface area contributed by atoms with Gasteiger partial charge in [-0.05, 0) is 32.0 Å². The first-order valence-corrected chi connectivity index (χ1v) is 7.25. The van der Waals surface area contributed by atoms with Gasteiger partial charge in [-0.15, -0.1) is 0 Å². The summed E-state index contributed by atoms with van der Waals surface area (Å²) >= 11 is 6.00. The Bertz CT molecular complexity index is 613. The quantitative estimate of drug-likeness (QED) is 0.901. The molecule has 0 aliphatic rings. The van der Waals surface area contributed by atoms with Crippen LogP contribution in [0.5, 0.6) is 11.5 Å². The summed E-state index contributed by atoms with van der Waals surface area (Å²) in [4.78, 5) is 0. The summed E-state index contributed by atoms with van der Waals surface area (Å²) in [6, 6.07) is 12.9. The van der Waals surface area contributed by atoms with Crippen LogP contribution < -0.4 is 15.2 Å². The number of benzene rings is 2. The lowest BCUT2D eigenvalue weighted by Crippen LogP contribution is -2.16. The molecule has 1 atom stereocenters. The molecule has 0 saturated heterocycles. The van der Waals surface area contributed by atoms with E-state index in [9.17, 15) is 0 Å². The maximum absolute atomic E-state index is 6.42. The standard InChI is InChI=1S/C17H20ClNO2/c1-11(2)21-15-7-5-4-6-13(15)17(19)14-9-8-12(18)10-16(14)20-3/h4-11,17H,19H2,1-3H3. The smallest absolute Gasteiger partial charge is 0.125 e. The van der Waals surface area contributed by atoms with Gasteiger partial charge in [-0.3, -0.25) is 0 Å². The van der Waals surface area contributed by atoms with E-state index in [0.29, 0.717) is 10.8 Å². The van der Waals surface area contributed by atoms with Gasteiger partial charge in [0, 0.05) is 16.1 Å². The maximum atomic E-state index is 6.42. The van der Waals surface area contributed by atoms with Gasteiger partial charge in [-0.25, -0.2) is 0 Å². The maximum Gasteiger partial charge on any atom is 0.125 e. The number of hydrogen-bond donors (Lipinski definition) is 1. The van der Waals surface area contributed by atoms with Crippen molar-refractivity contribution in [2.45, 2.75) is 26.0 Å². The number of halogens is 1. The van der Waals surface area contributed by atoms with Crippen molar-refractivity contribution >= 4 is 11.6 Å². The predicted octanol–water partition coefficient (Wildman–Crippen LogP) is 4.18. The van der Waals surface area contributed by atoms with Gasteiger partial charge in [0.05, 0.1) is 19.3 Å². The van der Waals surface area contributed by atoms with Crippen LogP contribution in [0.1, 0.15) is 31.0 Å². The van der Waals surface area contributed by atoms with Gasteiger partial charge in [0.2, 0.25) is 0 Å². The molecule has 112 valence electrons. The fraction of sp³-hybridized carbons (Fsp3) is 0.294. The van der Waals surface area contributed by atoms with Gasteiger partial charge in [-0.2, -0.15) is 0 Å². The second kappa shape index (κ2) is 6.83. The van der Waals surface area contributed by atoms with Crippen LogP contribution in [0.2, 0.25) is 5.02 Å². The predicted molar refractivity (Wildman–Crippen MR) is 86.2 cm³/mol. The zero-order chi connectivity index (χ0) is 15.4. The second-order valence-corrected chi connectivity index (χ2v) is 5.50. The highest BCUT2D eigenvalue weighted by atomic mass is 35.5. The van der Waals surface area contributed by atoms with Crippen LogP contribution in [0.4, 0.5) is 0 Å². The highest BCUT2D eigenvalue weighted by Gasteiger charge is 2.18. The van der Waals surface area contributed by atoms with Crippen molar-refractivity contribution in [2.24, 2.45) is 5.73 Å². The Morgan fingerprint density at radius 2 is 1.67 bits per heavy atom. The molecular formula is C17H20ClNO2. The summed E-state index contributed by atoms with van der Waals surface area (Å²) in [6.07, 6.45) is 0.0884. The molecule has 0 fully saturated rings. The zero-order valence-corrected chi connectivity index (χ0v) is 13.2. The lowest BCUT2D eigenvalue weighted by molar-refractivity contribution is 0.239. The van der Waals surface area contributed by atoms with Crippen molar-refractivity contribution in [1.82, 2.24) is 0 Å². The third-order valence-electron chi connectivity index (χ3n) is 3.15. The topological polar surface area (TPSA) is 44.5 Å². The van der Waals surface area contributed by atoms with E-state index in [2.05, 4.69) is 0 Å². The molecule has 0 bridgehead atoms. The molecular weight excluding hydrogens is 286 g/mol. The molecule has 0 heterocycles. The summed E-state index contributed by atoms with van der Waals surface area (Å²) in [5, 5.41) is 0.620. The third-order valence-corrected chi connectivity index (χ3v) is 3.38. The number of methoxy groups -OCH3 is 1. The fourth-order valence-electron chi connectivity index (χ4n) is 2.21. The largest absolute Gasteiger partial charge is 0.496 e. The first kappa shape index (κ1) is 15.7. The lowest BCUT2D eigenvalue weighted by atomic mass is 9.98. The number of ether oxygens (including phenoxy) is 2. The molecule has 2 aromatic carbocycles. The summed E-state index contributed by atoms with van der Waals surface area (Å²) in [6.45, 7) is 3.98. The van der Waals surface area contributed by atoms with Gasteiger partial charge >= 0.3 is 0 Å². The number of nitrogens with two attached hydrogens (primary N) is 1. The third kappa shape index (κ3) is 3.69. The highest BCUT2D eigenvalue weighted by Crippen LogP contribution is 2.34. The SMILES string of the molecule is COc1cc(Cl)ccc1C(N)c1ccccc1OC(C)C. The molecule has 3 nitrogen and oxygen atoms in total. The first-order chi connectivity index (χ1) is 10.0. The van der Waals surface area contributed by atoms with E-state index >= 15 is 0 Å². The Kier molecular flexibility index (Phi) is 5.10. The molecule has 0 spiro atoms. The van der Waals surface area contributed by atoms with Crippen LogP contribution in [0.25, 0.3) is 0 Å². The Morgan fingerprint density at radius 1 is 1.00 bits per heavy atom. The minimum Gasteiger partial charge on any atom is -0.496 e. The van der Waals surface area contributed by atoms with Crippen LogP contribution in [-0.4, -0.2) is 13.2 Å². The Morgan fingerprint density at radius 3 is 2.33 bits per heavy atom. The Hall–Kier alpha value is -1.71. The number of hydrogen-bond acceptors (Lipinski definition) is 3. The van der Waals surface area contributed by atoms with E-state index in [-0.39, 0.29) is 12.1 Å². The lowest BCUT2D eigenvalue weighted by Gasteiger charge is -2.20. The van der Waals surface area contributed by atoms with Crippen molar-refractivity contribution in [3.8, 4) is 11.5 Å². The van der Waals surface area contributed by atoms with Crippen LogP contribution in [0, 0.1) is 0 Å². The Balaban J connectivity index is 2.42. The molecule has 2 rings (SSSR count). The van der Waals surface area contributed by atoms with Crippen LogP contribution in [0.3, 0.4) is 0 Å². The summed E-state index contributed by atoms with van der Waals surface area (Å²) < 4.78 is 11.2. The summed E-state index contributed by atoms with van der Waals surface area (Å²) in [5.41, 5.74) is 8.22. The highest BCUT2D eigenvalue weighted by molar-refractivity contribution is 6.30. The minimum atomic E-state index is -0.341. The van der Waals surface area contributed by atoms with Crippen LogP contribution >= 0.6 is 11.6 Å². The molecule has 0 saturated carbocycles. The van der Waals surface area contributed by atoms with Gasteiger partial charge in [0.15, 0.2) is 0 Å². The average Bonchev–Trinajstić information content (AvgIpc) is 2.46. The second-order valence-electron chi connectivity index (χ2n) is 5.07. The molecule has 0 radical (unpaired) electrons. The van der Waals surface area contributed by atoms with E-state index in [0.717, 1.165) is 16.9 Å². The van der Waals surface area contributed by atoms with Gasteiger partial charge in [0.25, 0.3) is 0 Å². The van der Waals surface area contributed by atoms with Gasteiger partial charge in [-0.1, -0.05) is 35.9 Å². The van der Waals surface area contributed by atoms with Crippen molar-refractivity contribution in [3.63, 3.8) is 0 Å². The molecule has 1 unspecified atom stereocenters. The van der Waals surface area contributed by atoms with Crippen LogP contribution in [0.15, 0.2) is 42.5 Å². The molecule has 4 heteroatoms. The molecule has 0 aliphatic heterocycles. The monoisotopic (exact) mass is 305 g/mol. The molecule has 0 aromatic heterocycles.